The number of carbonyl (C=O) groups excluding carboxylic acids is 1. The van der Waals surface area contributed by atoms with Gasteiger partial charge >= 0.3 is 5.97 Å². The molecule has 0 saturated carbocycles. The van der Waals surface area contributed by atoms with Crippen LogP contribution in [0.2, 0.25) is 0 Å². The van der Waals surface area contributed by atoms with Gasteiger partial charge < -0.3 is 14.4 Å². The van der Waals surface area contributed by atoms with Gasteiger partial charge in [0.15, 0.2) is 10.8 Å². The van der Waals surface area contributed by atoms with Crippen LogP contribution in [0.25, 0.3) is 10.8 Å². The molecular formula is C14H16N2O4S. The molecule has 21 heavy (non-hydrogen) atoms. The van der Waals surface area contributed by atoms with E-state index in [1.165, 1.54) is 22.5 Å². The van der Waals surface area contributed by atoms with Gasteiger partial charge in [0.25, 0.3) is 5.91 Å². The Bertz CT molecular complexity index is 621. The number of carboxylic acids is 1. The third-order valence-corrected chi connectivity index (χ3v) is 4.00. The molecule has 2 aromatic heterocycles. The second-order valence-electron chi connectivity index (χ2n) is 4.60. The zero-order valence-electron chi connectivity index (χ0n) is 11.8. The number of furan rings is 1. The Kier molecular flexibility index (Phi) is 4.74. The van der Waals surface area contributed by atoms with Gasteiger partial charge in [-0.1, -0.05) is 6.92 Å². The maximum absolute atomic E-state index is 12.4. The number of rotatable bonds is 6. The Balaban J connectivity index is 2.22. The average Bonchev–Trinajstić information content (AvgIpc) is 3.12. The number of nitrogens with zero attached hydrogens (tertiary/aromatic N) is 2. The first kappa shape index (κ1) is 15.2. The highest BCUT2D eigenvalue weighted by molar-refractivity contribution is 7.13. The number of amides is 1. The predicted octanol–water partition coefficient (Wildman–Crippen LogP) is 2.73. The number of carbonyl (C=O) groups is 2. The first-order chi connectivity index (χ1) is 10.0. The van der Waals surface area contributed by atoms with E-state index in [0.717, 1.165) is 0 Å². The number of hydrogen-bond acceptors (Lipinski definition) is 5. The van der Waals surface area contributed by atoms with Crippen LogP contribution in [0.1, 0.15) is 30.8 Å². The van der Waals surface area contributed by atoms with Crippen molar-refractivity contribution >= 4 is 23.2 Å². The Morgan fingerprint density at radius 3 is 2.86 bits per heavy atom. The van der Waals surface area contributed by atoms with E-state index >= 15 is 0 Å². The largest absolute Gasteiger partial charge is 0.480 e. The lowest BCUT2D eigenvalue weighted by Crippen LogP contribution is -2.42. The van der Waals surface area contributed by atoms with Crippen molar-refractivity contribution in [2.75, 3.05) is 6.54 Å². The summed E-state index contributed by atoms with van der Waals surface area (Å²) in [6.45, 7) is 3.39. The van der Waals surface area contributed by atoms with Gasteiger partial charge in [0.2, 0.25) is 0 Å². The molecule has 0 saturated heterocycles. The van der Waals surface area contributed by atoms with Crippen LogP contribution in [0.15, 0.2) is 28.2 Å². The second kappa shape index (κ2) is 6.53. The Morgan fingerprint density at radius 2 is 2.29 bits per heavy atom. The molecule has 2 rings (SSSR count). The highest BCUT2D eigenvalue weighted by Crippen LogP contribution is 2.24. The van der Waals surface area contributed by atoms with Crippen LogP contribution in [0.4, 0.5) is 0 Å². The first-order valence-corrected chi connectivity index (χ1v) is 7.43. The van der Waals surface area contributed by atoms with Crippen molar-refractivity contribution in [1.82, 2.24) is 9.88 Å². The summed E-state index contributed by atoms with van der Waals surface area (Å²) in [5.41, 5.74) is 0.243. The fourth-order valence-electron chi connectivity index (χ4n) is 1.83. The van der Waals surface area contributed by atoms with E-state index in [-0.39, 0.29) is 24.2 Å². The van der Waals surface area contributed by atoms with Gasteiger partial charge in [0.05, 0.1) is 6.26 Å². The van der Waals surface area contributed by atoms with Gasteiger partial charge in [-0.15, -0.1) is 11.3 Å². The maximum atomic E-state index is 12.4. The zero-order valence-corrected chi connectivity index (χ0v) is 12.6. The highest BCUT2D eigenvalue weighted by atomic mass is 32.1. The van der Waals surface area contributed by atoms with Crippen LogP contribution >= 0.6 is 11.3 Å². The maximum Gasteiger partial charge on any atom is 0.323 e. The standard InChI is InChI=1S/C14H16N2O4S/c1-3-9(2)16(7-12(17)18)14(19)10-8-21-13(15-10)11-5-4-6-20-11/h4-6,8-9H,3,7H2,1-2H3,(H,17,18). The van der Waals surface area contributed by atoms with Crippen LogP contribution in [0.3, 0.4) is 0 Å². The van der Waals surface area contributed by atoms with E-state index in [1.807, 2.05) is 13.8 Å². The molecule has 1 atom stereocenters. The van der Waals surface area contributed by atoms with E-state index in [1.54, 1.807) is 17.5 Å². The number of hydrogen-bond donors (Lipinski definition) is 1. The fourth-order valence-corrected chi connectivity index (χ4v) is 2.59. The number of carboxylic acid groups (broad SMARTS) is 1. The molecule has 0 bridgehead atoms. The smallest absolute Gasteiger partial charge is 0.323 e. The van der Waals surface area contributed by atoms with Crippen molar-refractivity contribution in [2.45, 2.75) is 26.3 Å². The summed E-state index contributed by atoms with van der Waals surface area (Å²) < 4.78 is 5.24. The lowest BCUT2D eigenvalue weighted by Gasteiger charge is -2.26. The third-order valence-electron chi connectivity index (χ3n) is 3.14. The van der Waals surface area contributed by atoms with E-state index in [4.69, 9.17) is 9.52 Å². The fraction of sp³-hybridized carbons (Fsp3) is 0.357. The van der Waals surface area contributed by atoms with Gasteiger partial charge in [0, 0.05) is 11.4 Å². The van der Waals surface area contributed by atoms with Crippen molar-refractivity contribution in [3.63, 3.8) is 0 Å². The monoisotopic (exact) mass is 308 g/mol. The van der Waals surface area contributed by atoms with Crippen molar-refractivity contribution < 1.29 is 19.1 Å². The number of aliphatic carboxylic acids is 1. The molecule has 1 N–H and O–H groups in total. The van der Waals surface area contributed by atoms with Crippen LogP contribution in [-0.2, 0) is 4.79 Å². The van der Waals surface area contributed by atoms with Gasteiger partial charge in [-0.2, -0.15) is 0 Å². The van der Waals surface area contributed by atoms with E-state index < -0.39 is 5.97 Å². The summed E-state index contributed by atoms with van der Waals surface area (Å²) in [7, 11) is 0. The van der Waals surface area contributed by atoms with E-state index in [9.17, 15) is 9.59 Å². The lowest BCUT2D eigenvalue weighted by molar-refractivity contribution is -0.138. The van der Waals surface area contributed by atoms with Crippen molar-refractivity contribution in [3.05, 3.63) is 29.5 Å². The molecule has 7 heteroatoms. The molecule has 0 aliphatic carbocycles. The summed E-state index contributed by atoms with van der Waals surface area (Å²) in [6, 6.07) is 3.34. The molecule has 0 aliphatic heterocycles. The molecule has 0 aromatic carbocycles. The quantitative estimate of drug-likeness (QED) is 0.887. The van der Waals surface area contributed by atoms with E-state index in [0.29, 0.717) is 17.2 Å². The lowest BCUT2D eigenvalue weighted by atomic mass is 10.2. The molecule has 112 valence electrons. The summed E-state index contributed by atoms with van der Waals surface area (Å²) >= 11 is 1.29. The molecule has 2 aromatic rings. The molecule has 1 unspecified atom stereocenters. The molecule has 0 radical (unpaired) electrons. The molecule has 0 fully saturated rings. The second-order valence-corrected chi connectivity index (χ2v) is 5.46. The number of aromatic nitrogens is 1. The molecular weight excluding hydrogens is 292 g/mol. The minimum atomic E-state index is -1.04. The summed E-state index contributed by atoms with van der Waals surface area (Å²) in [5.74, 6) is -0.821. The minimum absolute atomic E-state index is 0.164. The average molecular weight is 308 g/mol. The summed E-state index contributed by atoms with van der Waals surface area (Å²) in [5, 5.41) is 11.2. The molecule has 0 aliphatic rings. The highest BCUT2D eigenvalue weighted by Gasteiger charge is 2.25. The third kappa shape index (κ3) is 3.49. The minimum Gasteiger partial charge on any atom is -0.480 e. The molecule has 2 heterocycles. The Labute approximate surface area is 126 Å². The normalized spacial score (nSPS) is 12.1. The first-order valence-electron chi connectivity index (χ1n) is 6.55. The molecule has 6 nitrogen and oxygen atoms in total. The summed E-state index contributed by atoms with van der Waals surface area (Å²) in [4.78, 5) is 28.9. The Hall–Kier alpha value is -2.15. The molecule has 0 spiro atoms. The predicted molar refractivity (Wildman–Crippen MR) is 78.2 cm³/mol. The van der Waals surface area contributed by atoms with Crippen LogP contribution in [0, 0.1) is 0 Å². The van der Waals surface area contributed by atoms with Gasteiger partial charge in [-0.25, -0.2) is 4.98 Å². The van der Waals surface area contributed by atoms with Gasteiger partial charge in [-0.05, 0) is 25.5 Å². The Morgan fingerprint density at radius 1 is 1.52 bits per heavy atom. The van der Waals surface area contributed by atoms with Gasteiger partial charge in [0.1, 0.15) is 12.2 Å². The van der Waals surface area contributed by atoms with E-state index in [2.05, 4.69) is 4.98 Å². The van der Waals surface area contributed by atoms with Crippen LogP contribution in [0.5, 0.6) is 0 Å². The van der Waals surface area contributed by atoms with Crippen molar-refractivity contribution in [3.8, 4) is 10.8 Å². The number of thiazole rings is 1. The van der Waals surface area contributed by atoms with Crippen molar-refractivity contribution in [2.24, 2.45) is 0 Å². The summed E-state index contributed by atoms with van der Waals surface area (Å²) in [6.07, 6.45) is 2.21. The van der Waals surface area contributed by atoms with Gasteiger partial charge in [-0.3, -0.25) is 9.59 Å². The SMILES string of the molecule is CCC(C)N(CC(=O)O)C(=O)c1csc(-c2ccco2)n1. The van der Waals surface area contributed by atoms with Crippen molar-refractivity contribution in [1.29, 1.82) is 0 Å². The van der Waals surface area contributed by atoms with Crippen LogP contribution < -0.4 is 0 Å². The molecule has 1 amide bonds. The zero-order chi connectivity index (χ0) is 15.4. The topological polar surface area (TPSA) is 83.6 Å². The van der Waals surface area contributed by atoms with Crippen LogP contribution in [-0.4, -0.2) is 39.5 Å².